The number of hydrogen-bond acceptors (Lipinski definition) is 4. The van der Waals surface area contributed by atoms with E-state index in [0.29, 0.717) is 24.3 Å². The summed E-state index contributed by atoms with van der Waals surface area (Å²) in [5, 5.41) is 2.01. The first-order valence-corrected chi connectivity index (χ1v) is 5.62. The van der Waals surface area contributed by atoms with Crippen molar-refractivity contribution in [2.24, 2.45) is 0 Å². The smallest absolute Gasteiger partial charge is 0.415 e. The molecule has 0 bridgehead atoms. The van der Waals surface area contributed by atoms with Crippen molar-refractivity contribution >= 4 is 12.0 Å². The first kappa shape index (κ1) is 11.0. The van der Waals surface area contributed by atoms with Gasteiger partial charge in [-0.25, -0.2) is 9.18 Å². The SMILES string of the molecule is O=C1NC(=O)C(c2cc(F)cc3c2OCCC3)O1. The molecule has 1 N–H and O–H groups in total. The maximum Gasteiger partial charge on any atom is 0.415 e. The topological polar surface area (TPSA) is 64.6 Å². The Morgan fingerprint density at radius 2 is 2.17 bits per heavy atom. The Labute approximate surface area is 102 Å². The number of imide groups is 1. The molecular formula is C12H10FNO4. The number of carbonyl (C=O) groups is 2. The van der Waals surface area contributed by atoms with Crippen LogP contribution in [-0.2, 0) is 16.0 Å². The molecule has 2 aliphatic rings. The van der Waals surface area contributed by atoms with Gasteiger partial charge in [-0.05, 0) is 30.5 Å². The monoisotopic (exact) mass is 251 g/mol. The van der Waals surface area contributed by atoms with E-state index < -0.39 is 23.9 Å². The lowest BCUT2D eigenvalue weighted by molar-refractivity contribution is -0.123. The summed E-state index contributed by atoms with van der Waals surface area (Å²) in [7, 11) is 0. The van der Waals surface area contributed by atoms with Crippen LogP contribution in [0.1, 0.15) is 23.7 Å². The molecule has 0 aliphatic carbocycles. The predicted octanol–water partition coefficient (Wildman–Crippen LogP) is 1.46. The van der Waals surface area contributed by atoms with E-state index in [4.69, 9.17) is 9.47 Å². The highest BCUT2D eigenvalue weighted by Crippen LogP contribution is 2.36. The van der Waals surface area contributed by atoms with Crippen molar-refractivity contribution in [1.82, 2.24) is 5.32 Å². The van der Waals surface area contributed by atoms with Crippen LogP contribution in [0.3, 0.4) is 0 Å². The largest absolute Gasteiger partial charge is 0.493 e. The van der Waals surface area contributed by atoms with Gasteiger partial charge in [0.1, 0.15) is 11.6 Å². The van der Waals surface area contributed by atoms with Crippen LogP contribution in [0.5, 0.6) is 5.75 Å². The molecule has 1 saturated heterocycles. The maximum absolute atomic E-state index is 13.5. The number of fused-ring (bicyclic) bond motifs is 1. The van der Waals surface area contributed by atoms with Crippen LogP contribution in [0.25, 0.3) is 0 Å². The standard InChI is InChI=1S/C12H10FNO4/c13-7-4-6-2-1-3-17-9(6)8(5-7)10-11(15)14-12(16)18-10/h4-5,10H,1-3H2,(H,14,15,16). The Bertz CT molecular complexity index is 543. The van der Waals surface area contributed by atoms with Gasteiger partial charge in [-0.15, -0.1) is 0 Å². The second kappa shape index (κ2) is 3.97. The maximum atomic E-state index is 13.5. The van der Waals surface area contributed by atoms with E-state index in [1.165, 1.54) is 12.1 Å². The zero-order valence-electron chi connectivity index (χ0n) is 9.36. The van der Waals surface area contributed by atoms with E-state index in [0.717, 1.165) is 6.42 Å². The second-order valence-corrected chi connectivity index (χ2v) is 4.21. The number of rotatable bonds is 1. The van der Waals surface area contributed by atoms with Gasteiger partial charge >= 0.3 is 6.09 Å². The Morgan fingerprint density at radius 1 is 1.33 bits per heavy atom. The number of carbonyl (C=O) groups excluding carboxylic acids is 2. The van der Waals surface area contributed by atoms with Crippen LogP contribution < -0.4 is 10.1 Å². The van der Waals surface area contributed by atoms with Crippen molar-refractivity contribution in [2.75, 3.05) is 6.61 Å². The average Bonchev–Trinajstić information content (AvgIpc) is 2.67. The highest BCUT2D eigenvalue weighted by atomic mass is 19.1. The third-order valence-corrected chi connectivity index (χ3v) is 2.97. The molecule has 3 rings (SSSR count). The fourth-order valence-corrected chi connectivity index (χ4v) is 2.23. The number of aryl methyl sites for hydroxylation is 1. The van der Waals surface area contributed by atoms with Crippen LogP contribution in [0, 0.1) is 5.82 Å². The molecule has 0 aromatic heterocycles. The van der Waals surface area contributed by atoms with Crippen molar-refractivity contribution in [3.05, 3.63) is 29.1 Å². The number of hydrogen-bond donors (Lipinski definition) is 1. The highest BCUT2D eigenvalue weighted by molar-refractivity contribution is 6.00. The summed E-state index contributed by atoms with van der Waals surface area (Å²) < 4.78 is 23.8. The molecule has 1 aromatic carbocycles. The molecule has 18 heavy (non-hydrogen) atoms. The minimum absolute atomic E-state index is 0.271. The Hall–Kier alpha value is -2.11. The van der Waals surface area contributed by atoms with Crippen molar-refractivity contribution in [3.8, 4) is 5.75 Å². The van der Waals surface area contributed by atoms with Gasteiger partial charge in [0, 0.05) is 5.56 Å². The highest BCUT2D eigenvalue weighted by Gasteiger charge is 2.37. The normalized spacial score (nSPS) is 21.9. The van der Waals surface area contributed by atoms with Gasteiger partial charge in [0.2, 0.25) is 6.10 Å². The molecule has 0 spiro atoms. The van der Waals surface area contributed by atoms with Crippen LogP contribution in [-0.4, -0.2) is 18.6 Å². The van der Waals surface area contributed by atoms with E-state index in [9.17, 15) is 14.0 Å². The molecule has 2 aliphatic heterocycles. The molecule has 1 fully saturated rings. The van der Waals surface area contributed by atoms with Gasteiger partial charge in [-0.1, -0.05) is 0 Å². The third-order valence-electron chi connectivity index (χ3n) is 2.97. The number of halogens is 1. The van der Waals surface area contributed by atoms with Gasteiger partial charge < -0.3 is 9.47 Å². The van der Waals surface area contributed by atoms with Crippen molar-refractivity contribution < 1.29 is 23.5 Å². The Kier molecular flexibility index (Phi) is 2.43. The number of nitrogens with one attached hydrogen (secondary N) is 1. The molecule has 0 saturated carbocycles. The third kappa shape index (κ3) is 1.70. The molecule has 2 amide bonds. The van der Waals surface area contributed by atoms with Gasteiger partial charge in [0.05, 0.1) is 6.61 Å². The van der Waals surface area contributed by atoms with Crippen LogP contribution in [0.15, 0.2) is 12.1 Å². The van der Waals surface area contributed by atoms with Crippen molar-refractivity contribution in [2.45, 2.75) is 18.9 Å². The number of cyclic esters (lactones) is 1. The first-order valence-electron chi connectivity index (χ1n) is 5.62. The van der Waals surface area contributed by atoms with Gasteiger partial charge in [0.15, 0.2) is 0 Å². The van der Waals surface area contributed by atoms with Crippen molar-refractivity contribution in [1.29, 1.82) is 0 Å². The number of ether oxygens (including phenoxy) is 2. The van der Waals surface area contributed by atoms with E-state index in [1.54, 1.807) is 0 Å². The molecule has 94 valence electrons. The zero-order chi connectivity index (χ0) is 12.7. The summed E-state index contributed by atoms with van der Waals surface area (Å²) >= 11 is 0. The van der Waals surface area contributed by atoms with E-state index >= 15 is 0 Å². The number of alkyl carbamates (subject to hydrolysis) is 1. The van der Waals surface area contributed by atoms with Gasteiger partial charge in [0.25, 0.3) is 5.91 Å². The minimum Gasteiger partial charge on any atom is -0.493 e. The summed E-state index contributed by atoms with van der Waals surface area (Å²) in [6.07, 6.45) is -0.464. The number of benzene rings is 1. The Balaban J connectivity index is 2.08. The fourth-order valence-electron chi connectivity index (χ4n) is 2.23. The molecule has 1 atom stereocenters. The van der Waals surface area contributed by atoms with E-state index in [1.807, 2.05) is 5.32 Å². The summed E-state index contributed by atoms with van der Waals surface area (Å²) in [4.78, 5) is 22.5. The van der Waals surface area contributed by atoms with Gasteiger partial charge in [-0.2, -0.15) is 0 Å². The molecular weight excluding hydrogens is 241 g/mol. The summed E-state index contributed by atoms with van der Waals surface area (Å²) in [5.41, 5.74) is 0.972. The lowest BCUT2D eigenvalue weighted by Gasteiger charge is -2.21. The van der Waals surface area contributed by atoms with Crippen LogP contribution in [0.2, 0.25) is 0 Å². The van der Waals surface area contributed by atoms with Crippen molar-refractivity contribution in [3.63, 3.8) is 0 Å². The lowest BCUT2D eigenvalue weighted by atomic mass is 9.98. The Morgan fingerprint density at radius 3 is 2.89 bits per heavy atom. The van der Waals surface area contributed by atoms with E-state index in [-0.39, 0.29) is 5.56 Å². The quantitative estimate of drug-likeness (QED) is 0.820. The molecule has 5 nitrogen and oxygen atoms in total. The first-order chi connectivity index (χ1) is 8.65. The van der Waals surface area contributed by atoms with Crippen LogP contribution in [0.4, 0.5) is 9.18 Å². The zero-order valence-corrected chi connectivity index (χ0v) is 9.36. The fraction of sp³-hybridized carbons (Fsp3) is 0.333. The second-order valence-electron chi connectivity index (χ2n) is 4.21. The van der Waals surface area contributed by atoms with E-state index in [2.05, 4.69) is 0 Å². The molecule has 6 heteroatoms. The average molecular weight is 251 g/mol. The molecule has 1 aromatic rings. The van der Waals surface area contributed by atoms with Crippen LogP contribution >= 0.6 is 0 Å². The molecule has 1 unspecified atom stereocenters. The summed E-state index contributed by atoms with van der Waals surface area (Å²) in [6, 6.07) is 2.56. The lowest BCUT2D eigenvalue weighted by Crippen LogP contribution is -2.21. The predicted molar refractivity (Wildman–Crippen MR) is 57.6 cm³/mol. The molecule has 0 radical (unpaired) electrons. The summed E-state index contributed by atoms with van der Waals surface area (Å²) in [5.74, 6) is -0.607. The summed E-state index contributed by atoms with van der Waals surface area (Å²) in [6.45, 7) is 0.508. The number of amides is 2. The molecule has 2 heterocycles. The van der Waals surface area contributed by atoms with Gasteiger partial charge in [-0.3, -0.25) is 10.1 Å². The minimum atomic E-state index is -1.12.